The van der Waals surface area contributed by atoms with Crippen molar-refractivity contribution in [2.45, 2.75) is 27.7 Å². The summed E-state index contributed by atoms with van der Waals surface area (Å²) in [5, 5.41) is 0. The molecule has 0 spiro atoms. The highest BCUT2D eigenvalue weighted by Crippen LogP contribution is 2.01. The van der Waals surface area contributed by atoms with E-state index in [0.717, 1.165) is 4.91 Å². The molecule has 0 saturated heterocycles. The van der Waals surface area contributed by atoms with E-state index in [4.69, 9.17) is 0 Å². The van der Waals surface area contributed by atoms with E-state index in [9.17, 15) is 0 Å². The Labute approximate surface area is 76.1 Å². The molecular weight excluding hydrogens is 152 g/mol. The number of hydrogen-bond donors (Lipinski definition) is 1. The second-order valence-electron chi connectivity index (χ2n) is 1.62. The summed E-state index contributed by atoms with van der Waals surface area (Å²) in [5.41, 5.74) is 0. The standard InChI is InChI=1S/C8H12S.C2H6/c1-3-5-7-8(9)6-4-2;1-2/h3-7,9H,1-2H3;1-2H3/b5-3-,6-4-,8-7+;. The zero-order valence-electron chi connectivity index (χ0n) is 7.83. The molecule has 0 amide bonds. The quantitative estimate of drug-likeness (QED) is 0.470. The van der Waals surface area contributed by atoms with Gasteiger partial charge >= 0.3 is 0 Å². The Morgan fingerprint density at radius 1 is 1.09 bits per heavy atom. The fraction of sp³-hybridized carbons (Fsp3) is 0.400. The van der Waals surface area contributed by atoms with Gasteiger partial charge in [-0.3, -0.25) is 0 Å². The normalized spacial score (nSPS) is 11.9. The Morgan fingerprint density at radius 2 is 1.64 bits per heavy atom. The highest BCUT2D eigenvalue weighted by molar-refractivity contribution is 7.84. The van der Waals surface area contributed by atoms with Gasteiger partial charge in [0.1, 0.15) is 0 Å². The fourth-order valence-corrected chi connectivity index (χ4v) is 0.656. The Kier molecular flexibility index (Phi) is 14.7. The maximum absolute atomic E-state index is 4.17. The molecule has 0 unspecified atom stereocenters. The highest BCUT2D eigenvalue weighted by atomic mass is 32.1. The molecule has 11 heavy (non-hydrogen) atoms. The first-order valence-corrected chi connectivity index (χ1v) is 4.40. The summed E-state index contributed by atoms with van der Waals surface area (Å²) >= 11 is 4.17. The Morgan fingerprint density at radius 3 is 2.00 bits per heavy atom. The maximum atomic E-state index is 4.17. The van der Waals surface area contributed by atoms with Crippen molar-refractivity contribution in [3.63, 3.8) is 0 Å². The van der Waals surface area contributed by atoms with Gasteiger partial charge in [-0.2, -0.15) is 0 Å². The van der Waals surface area contributed by atoms with Crippen molar-refractivity contribution >= 4 is 12.6 Å². The van der Waals surface area contributed by atoms with Crippen LogP contribution in [0.2, 0.25) is 0 Å². The first-order valence-electron chi connectivity index (χ1n) is 3.96. The molecule has 0 aliphatic heterocycles. The van der Waals surface area contributed by atoms with Gasteiger partial charge in [0.2, 0.25) is 0 Å². The Hall–Kier alpha value is -0.430. The number of allylic oxidation sites excluding steroid dienone is 5. The van der Waals surface area contributed by atoms with E-state index in [0.29, 0.717) is 0 Å². The molecule has 0 aromatic rings. The van der Waals surface area contributed by atoms with Crippen LogP contribution in [0, 0.1) is 0 Å². The van der Waals surface area contributed by atoms with Gasteiger partial charge in [0, 0.05) is 4.91 Å². The molecule has 0 nitrogen and oxygen atoms in total. The highest BCUT2D eigenvalue weighted by Gasteiger charge is 1.73. The monoisotopic (exact) mass is 170 g/mol. The van der Waals surface area contributed by atoms with Crippen LogP contribution in [0.3, 0.4) is 0 Å². The molecule has 0 saturated carbocycles. The number of rotatable bonds is 2. The third-order valence-corrected chi connectivity index (χ3v) is 1.10. The Balaban J connectivity index is 0. The summed E-state index contributed by atoms with van der Waals surface area (Å²) in [6, 6.07) is 0. The molecule has 0 radical (unpaired) electrons. The van der Waals surface area contributed by atoms with Crippen molar-refractivity contribution in [2.24, 2.45) is 0 Å². The molecule has 0 N–H and O–H groups in total. The zero-order chi connectivity index (χ0) is 9.11. The average Bonchev–Trinajstić information content (AvgIpc) is 2.05. The molecule has 0 atom stereocenters. The van der Waals surface area contributed by atoms with E-state index in [2.05, 4.69) is 12.6 Å². The lowest BCUT2D eigenvalue weighted by Gasteiger charge is -1.82. The summed E-state index contributed by atoms with van der Waals surface area (Å²) in [6.07, 6.45) is 9.79. The predicted molar refractivity (Wildman–Crippen MR) is 58.0 cm³/mol. The fourth-order valence-electron chi connectivity index (χ4n) is 0.421. The van der Waals surface area contributed by atoms with Gasteiger partial charge in [-0.1, -0.05) is 38.2 Å². The van der Waals surface area contributed by atoms with Crippen LogP contribution in [0.15, 0.2) is 35.3 Å². The molecule has 0 aromatic carbocycles. The van der Waals surface area contributed by atoms with Gasteiger partial charge in [0.15, 0.2) is 0 Å². The molecule has 0 rings (SSSR count). The largest absolute Gasteiger partial charge is 0.143 e. The van der Waals surface area contributed by atoms with E-state index in [1.165, 1.54) is 0 Å². The average molecular weight is 170 g/mol. The molecule has 0 heterocycles. The minimum atomic E-state index is 0.982. The van der Waals surface area contributed by atoms with Crippen molar-refractivity contribution in [3.05, 3.63) is 35.3 Å². The van der Waals surface area contributed by atoms with Crippen LogP contribution in [0.5, 0.6) is 0 Å². The van der Waals surface area contributed by atoms with Crippen LogP contribution in [0.1, 0.15) is 27.7 Å². The van der Waals surface area contributed by atoms with Crippen molar-refractivity contribution in [1.82, 2.24) is 0 Å². The first-order chi connectivity index (χ1) is 5.31. The lowest BCUT2D eigenvalue weighted by molar-refractivity contribution is 1.50. The SMILES string of the molecule is CC.C\C=C/C=C(S)\C=C/C. The number of hydrogen-bond acceptors (Lipinski definition) is 1. The van der Waals surface area contributed by atoms with Crippen LogP contribution in [0.4, 0.5) is 0 Å². The minimum absolute atomic E-state index is 0.982. The smallest absolute Gasteiger partial charge is 0.00365 e. The second-order valence-corrected chi connectivity index (χ2v) is 2.13. The minimum Gasteiger partial charge on any atom is -0.143 e. The van der Waals surface area contributed by atoms with Gasteiger partial charge in [-0.05, 0) is 19.9 Å². The molecule has 0 aliphatic carbocycles. The van der Waals surface area contributed by atoms with Gasteiger partial charge in [-0.15, -0.1) is 12.6 Å². The van der Waals surface area contributed by atoms with Crippen LogP contribution >= 0.6 is 12.6 Å². The van der Waals surface area contributed by atoms with Gasteiger partial charge < -0.3 is 0 Å². The van der Waals surface area contributed by atoms with Gasteiger partial charge in [0.25, 0.3) is 0 Å². The maximum Gasteiger partial charge on any atom is 0.00365 e. The van der Waals surface area contributed by atoms with E-state index >= 15 is 0 Å². The van der Waals surface area contributed by atoms with Gasteiger partial charge in [-0.25, -0.2) is 0 Å². The third-order valence-electron chi connectivity index (χ3n) is 0.797. The van der Waals surface area contributed by atoms with E-state index in [-0.39, 0.29) is 0 Å². The summed E-state index contributed by atoms with van der Waals surface area (Å²) in [6.45, 7) is 7.95. The zero-order valence-corrected chi connectivity index (χ0v) is 8.73. The van der Waals surface area contributed by atoms with Crippen molar-refractivity contribution in [2.75, 3.05) is 0 Å². The van der Waals surface area contributed by atoms with Crippen LogP contribution in [0.25, 0.3) is 0 Å². The topological polar surface area (TPSA) is 0 Å². The summed E-state index contributed by atoms with van der Waals surface area (Å²) < 4.78 is 0. The van der Waals surface area contributed by atoms with Crippen molar-refractivity contribution < 1.29 is 0 Å². The molecule has 0 aromatic heterocycles. The second kappa shape index (κ2) is 12.3. The number of thiol groups is 1. The van der Waals surface area contributed by atoms with E-state index in [1.54, 1.807) is 0 Å². The van der Waals surface area contributed by atoms with Crippen LogP contribution < -0.4 is 0 Å². The summed E-state index contributed by atoms with van der Waals surface area (Å²) in [7, 11) is 0. The van der Waals surface area contributed by atoms with E-state index in [1.807, 2.05) is 58.1 Å². The molecule has 0 aliphatic rings. The van der Waals surface area contributed by atoms with E-state index < -0.39 is 0 Å². The lowest BCUT2D eigenvalue weighted by Crippen LogP contribution is -1.58. The molecule has 64 valence electrons. The lowest BCUT2D eigenvalue weighted by atomic mass is 10.4. The van der Waals surface area contributed by atoms with Crippen molar-refractivity contribution in [1.29, 1.82) is 0 Å². The molecule has 0 fully saturated rings. The van der Waals surface area contributed by atoms with Crippen LogP contribution in [-0.2, 0) is 0 Å². The van der Waals surface area contributed by atoms with Gasteiger partial charge in [0.05, 0.1) is 0 Å². The first kappa shape index (κ1) is 13.2. The van der Waals surface area contributed by atoms with Crippen LogP contribution in [-0.4, -0.2) is 0 Å². The summed E-state index contributed by atoms with van der Waals surface area (Å²) in [5.74, 6) is 0. The summed E-state index contributed by atoms with van der Waals surface area (Å²) in [4.78, 5) is 0.982. The molecule has 1 heteroatoms. The van der Waals surface area contributed by atoms with Crippen molar-refractivity contribution in [3.8, 4) is 0 Å². The molecular formula is C10H18S. The third kappa shape index (κ3) is 12.7. The predicted octanol–water partition coefficient (Wildman–Crippen LogP) is 3.98. The molecule has 0 bridgehead atoms. The Bertz CT molecular complexity index is 141.